The van der Waals surface area contributed by atoms with Gasteiger partial charge in [0, 0.05) is 44.9 Å². The molecule has 0 fully saturated rings. The number of anilines is 1. The van der Waals surface area contributed by atoms with Crippen LogP contribution in [0.1, 0.15) is 62.8 Å². The molecule has 0 aliphatic carbocycles. The Hall–Kier alpha value is -2.51. The summed E-state index contributed by atoms with van der Waals surface area (Å²) in [5, 5.41) is 17.0. The number of aliphatic hydroxyl groups excluding tert-OH is 1. The SMILES string of the molecule is CCCCN1CCc2cc(CC(C)C)cc(CNC[C@@H](O)[C@H](Cc3cc(F)cc(F)c3)NC(C)=O)c21. The van der Waals surface area contributed by atoms with Crippen molar-refractivity contribution in [3.63, 3.8) is 0 Å². The van der Waals surface area contributed by atoms with Crippen LogP contribution in [0.4, 0.5) is 14.5 Å². The summed E-state index contributed by atoms with van der Waals surface area (Å²) in [5.41, 5.74) is 5.66. The molecule has 1 heterocycles. The number of unbranched alkanes of at least 4 members (excludes halogenated alkanes) is 1. The van der Waals surface area contributed by atoms with E-state index in [9.17, 15) is 18.7 Å². The van der Waals surface area contributed by atoms with Crippen molar-refractivity contribution in [3.8, 4) is 0 Å². The fourth-order valence-corrected chi connectivity index (χ4v) is 5.12. The van der Waals surface area contributed by atoms with Crippen molar-refractivity contribution in [3.05, 3.63) is 64.2 Å². The highest BCUT2D eigenvalue weighted by atomic mass is 19.1. The van der Waals surface area contributed by atoms with Crippen LogP contribution < -0.4 is 15.5 Å². The molecule has 0 saturated heterocycles. The van der Waals surface area contributed by atoms with Crippen LogP contribution in [0.15, 0.2) is 30.3 Å². The van der Waals surface area contributed by atoms with E-state index in [0.29, 0.717) is 18.0 Å². The fourth-order valence-electron chi connectivity index (χ4n) is 5.12. The number of amides is 1. The normalized spacial score (nSPS) is 14.7. The Balaban J connectivity index is 1.72. The van der Waals surface area contributed by atoms with Gasteiger partial charge in [-0.15, -0.1) is 0 Å². The summed E-state index contributed by atoms with van der Waals surface area (Å²) in [4.78, 5) is 14.2. The van der Waals surface area contributed by atoms with Crippen LogP contribution in [0.25, 0.3) is 0 Å². The van der Waals surface area contributed by atoms with Crippen LogP contribution in [0.5, 0.6) is 0 Å². The minimum Gasteiger partial charge on any atom is -0.390 e. The molecule has 2 aromatic rings. The van der Waals surface area contributed by atoms with Crippen LogP contribution in [0.3, 0.4) is 0 Å². The lowest BCUT2D eigenvalue weighted by Gasteiger charge is -2.26. The number of benzene rings is 2. The first kappa shape index (κ1) is 28.1. The van der Waals surface area contributed by atoms with Crippen molar-refractivity contribution in [1.29, 1.82) is 0 Å². The standard InChI is InChI=1S/C29H41F2N3O2/c1-5-6-8-34-9-7-23-11-21(10-19(2)3)12-24(29(23)34)17-32-18-28(36)27(33-20(4)35)15-22-13-25(30)16-26(31)14-22/h11-14,16,19,27-28,32,36H,5-10,15,17-18H2,1-4H3,(H,33,35)/t27-,28+/m0/s1. The zero-order valence-electron chi connectivity index (χ0n) is 22.0. The number of halogens is 2. The van der Waals surface area contributed by atoms with Gasteiger partial charge in [0.1, 0.15) is 11.6 Å². The number of hydrogen-bond acceptors (Lipinski definition) is 4. The first-order valence-corrected chi connectivity index (χ1v) is 13.2. The van der Waals surface area contributed by atoms with Gasteiger partial charge >= 0.3 is 0 Å². The minimum absolute atomic E-state index is 0.126. The summed E-state index contributed by atoms with van der Waals surface area (Å²) in [5.74, 6) is -1.10. The van der Waals surface area contributed by atoms with Gasteiger partial charge in [-0.25, -0.2) is 8.78 Å². The Morgan fingerprint density at radius 2 is 1.78 bits per heavy atom. The predicted octanol–water partition coefficient (Wildman–Crippen LogP) is 4.52. The molecule has 3 N–H and O–H groups in total. The van der Waals surface area contributed by atoms with E-state index >= 15 is 0 Å². The van der Waals surface area contributed by atoms with E-state index in [0.717, 1.165) is 44.8 Å². The lowest BCUT2D eigenvalue weighted by Crippen LogP contribution is -2.48. The van der Waals surface area contributed by atoms with E-state index in [4.69, 9.17) is 0 Å². The maximum absolute atomic E-state index is 13.7. The molecule has 1 amide bonds. The lowest BCUT2D eigenvalue weighted by atomic mass is 9.96. The molecule has 1 aliphatic heterocycles. The van der Waals surface area contributed by atoms with E-state index in [1.807, 2.05) is 0 Å². The van der Waals surface area contributed by atoms with Gasteiger partial charge in [0.25, 0.3) is 0 Å². The van der Waals surface area contributed by atoms with Gasteiger partial charge in [-0.1, -0.05) is 39.3 Å². The van der Waals surface area contributed by atoms with Crippen molar-refractivity contribution in [2.45, 2.75) is 78.5 Å². The Labute approximate surface area is 214 Å². The number of rotatable bonds is 13. The lowest BCUT2D eigenvalue weighted by molar-refractivity contribution is -0.120. The monoisotopic (exact) mass is 501 g/mol. The molecule has 36 heavy (non-hydrogen) atoms. The minimum atomic E-state index is -0.927. The Kier molecular flexibility index (Phi) is 10.3. The number of nitrogens with one attached hydrogen (secondary N) is 2. The second kappa shape index (κ2) is 13.2. The molecule has 0 saturated carbocycles. The molecular weight excluding hydrogens is 460 g/mol. The molecule has 7 heteroatoms. The van der Waals surface area contributed by atoms with Gasteiger partial charge in [-0.05, 0) is 66.0 Å². The summed E-state index contributed by atoms with van der Waals surface area (Å²) in [6.07, 6.45) is 3.57. The van der Waals surface area contributed by atoms with Crippen molar-refractivity contribution in [2.75, 3.05) is 24.5 Å². The first-order valence-electron chi connectivity index (χ1n) is 13.2. The number of hydrogen-bond donors (Lipinski definition) is 3. The topological polar surface area (TPSA) is 64.6 Å². The summed E-state index contributed by atoms with van der Waals surface area (Å²) in [7, 11) is 0. The van der Waals surface area contributed by atoms with E-state index in [-0.39, 0.29) is 18.9 Å². The Bertz CT molecular complexity index is 1010. The summed E-state index contributed by atoms with van der Waals surface area (Å²) in [6, 6.07) is 7.23. The number of fused-ring (bicyclic) bond motifs is 1. The van der Waals surface area contributed by atoms with Crippen LogP contribution in [-0.4, -0.2) is 42.8 Å². The molecule has 2 atom stereocenters. The van der Waals surface area contributed by atoms with Crippen LogP contribution in [0, 0.1) is 17.6 Å². The van der Waals surface area contributed by atoms with Gasteiger partial charge in [0.05, 0.1) is 12.1 Å². The van der Waals surface area contributed by atoms with E-state index in [2.05, 4.69) is 48.4 Å². The summed E-state index contributed by atoms with van der Waals surface area (Å²) in [6.45, 7) is 10.9. The first-order chi connectivity index (χ1) is 17.2. The molecular formula is C29H41F2N3O2. The number of carbonyl (C=O) groups excluding carboxylic acids is 1. The van der Waals surface area contributed by atoms with Crippen LogP contribution in [-0.2, 0) is 30.6 Å². The highest BCUT2D eigenvalue weighted by molar-refractivity contribution is 5.73. The molecule has 0 aromatic heterocycles. The van der Waals surface area contributed by atoms with Crippen molar-refractivity contribution in [2.24, 2.45) is 5.92 Å². The summed E-state index contributed by atoms with van der Waals surface area (Å²) < 4.78 is 27.3. The molecule has 1 aliphatic rings. The Morgan fingerprint density at radius 3 is 2.42 bits per heavy atom. The summed E-state index contributed by atoms with van der Waals surface area (Å²) >= 11 is 0. The van der Waals surface area contributed by atoms with Gasteiger partial charge in [-0.3, -0.25) is 4.79 Å². The second-order valence-electron chi connectivity index (χ2n) is 10.4. The maximum atomic E-state index is 13.7. The van der Waals surface area contributed by atoms with Gasteiger partial charge < -0.3 is 20.6 Å². The molecule has 3 rings (SSSR count). The highest BCUT2D eigenvalue weighted by Gasteiger charge is 2.24. The number of carbonyl (C=O) groups is 1. The number of aliphatic hydroxyl groups is 1. The van der Waals surface area contributed by atoms with Crippen molar-refractivity contribution in [1.82, 2.24) is 10.6 Å². The van der Waals surface area contributed by atoms with Crippen molar-refractivity contribution >= 4 is 11.6 Å². The van der Waals surface area contributed by atoms with E-state index in [1.165, 1.54) is 41.4 Å². The average Bonchev–Trinajstić information content (AvgIpc) is 3.18. The van der Waals surface area contributed by atoms with E-state index < -0.39 is 23.8 Å². The van der Waals surface area contributed by atoms with Crippen LogP contribution in [0.2, 0.25) is 0 Å². The maximum Gasteiger partial charge on any atom is 0.217 e. The fraction of sp³-hybridized carbons (Fsp3) is 0.552. The van der Waals surface area contributed by atoms with Gasteiger partial charge in [0.15, 0.2) is 0 Å². The third-order valence-electron chi connectivity index (χ3n) is 6.62. The predicted molar refractivity (Wildman–Crippen MR) is 141 cm³/mol. The second-order valence-corrected chi connectivity index (χ2v) is 10.4. The molecule has 0 bridgehead atoms. The van der Waals surface area contributed by atoms with Crippen molar-refractivity contribution < 1.29 is 18.7 Å². The van der Waals surface area contributed by atoms with E-state index in [1.54, 1.807) is 0 Å². The molecule has 0 spiro atoms. The van der Waals surface area contributed by atoms with Gasteiger partial charge in [0.2, 0.25) is 5.91 Å². The molecule has 0 unspecified atom stereocenters. The highest BCUT2D eigenvalue weighted by Crippen LogP contribution is 2.34. The average molecular weight is 502 g/mol. The molecule has 198 valence electrons. The zero-order valence-corrected chi connectivity index (χ0v) is 22.0. The zero-order chi connectivity index (χ0) is 26.2. The molecule has 5 nitrogen and oxygen atoms in total. The van der Waals surface area contributed by atoms with Gasteiger partial charge in [-0.2, -0.15) is 0 Å². The molecule has 2 aromatic carbocycles. The van der Waals surface area contributed by atoms with Crippen LogP contribution >= 0.6 is 0 Å². The smallest absolute Gasteiger partial charge is 0.217 e. The largest absolute Gasteiger partial charge is 0.390 e. The molecule has 0 radical (unpaired) electrons. The number of nitrogens with zero attached hydrogens (tertiary/aromatic N) is 1. The third-order valence-corrected chi connectivity index (χ3v) is 6.62. The Morgan fingerprint density at radius 1 is 1.08 bits per heavy atom. The quantitative estimate of drug-likeness (QED) is 0.378. The third kappa shape index (κ3) is 8.00.